The van der Waals surface area contributed by atoms with E-state index in [1.165, 1.54) is 0 Å². The van der Waals surface area contributed by atoms with E-state index in [0.717, 1.165) is 16.3 Å². The van der Waals surface area contributed by atoms with Crippen LogP contribution in [0, 0.1) is 0 Å². The fourth-order valence-corrected chi connectivity index (χ4v) is 1.72. The van der Waals surface area contributed by atoms with E-state index in [-0.39, 0.29) is 5.56 Å². The van der Waals surface area contributed by atoms with Crippen LogP contribution in [0.25, 0.3) is 21.7 Å². The minimum atomic E-state index is -0.251. The van der Waals surface area contributed by atoms with Crippen molar-refractivity contribution in [2.45, 2.75) is 0 Å². The lowest BCUT2D eigenvalue weighted by Crippen LogP contribution is -2.06. The van der Waals surface area contributed by atoms with Crippen molar-refractivity contribution in [3.63, 3.8) is 0 Å². The van der Waals surface area contributed by atoms with Crippen LogP contribution in [-0.4, -0.2) is 10.2 Å². The fourth-order valence-electron chi connectivity index (χ4n) is 1.72. The lowest BCUT2D eigenvalue weighted by atomic mass is 10.2. The second-order valence-electron chi connectivity index (χ2n) is 3.19. The molecule has 1 aromatic heterocycles. The first-order valence-corrected chi connectivity index (χ1v) is 4.34. The quantitative estimate of drug-likeness (QED) is 0.530. The van der Waals surface area contributed by atoms with Gasteiger partial charge in [0.05, 0.1) is 10.9 Å². The van der Waals surface area contributed by atoms with E-state index in [0.29, 0.717) is 5.39 Å². The molecule has 0 atom stereocenters. The summed E-state index contributed by atoms with van der Waals surface area (Å²) in [5, 5.41) is 10.1. The highest BCUT2D eigenvalue weighted by Crippen LogP contribution is 2.22. The molecule has 0 saturated carbocycles. The standard InChI is InChI=1S/C11H6N2O/c14-11-8-6-5-7-3-1-2-4-9(10(7)8)12-13-11/h1-6H. The van der Waals surface area contributed by atoms with Crippen LogP contribution in [0.4, 0.5) is 0 Å². The van der Waals surface area contributed by atoms with Gasteiger partial charge in [-0.25, -0.2) is 0 Å². The molecule has 3 heteroatoms. The van der Waals surface area contributed by atoms with Crippen LogP contribution in [0.1, 0.15) is 0 Å². The molecule has 0 saturated heterocycles. The monoisotopic (exact) mass is 182 g/mol. The maximum Gasteiger partial charge on any atom is 0.296 e. The summed E-state index contributed by atoms with van der Waals surface area (Å²) in [6.07, 6.45) is 0. The first-order chi connectivity index (χ1) is 6.86. The molecule has 0 N–H and O–H groups in total. The fraction of sp³-hybridized carbons (Fsp3) is 0. The van der Waals surface area contributed by atoms with Crippen LogP contribution in [0.3, 0.4) is 0 Å². The van der Waals surface area contributed by atoms with Gasteiger partial charge in [0.1, 0.15) is 0 Å². The number of hydrogen-bond acceptors (Lipinski definition) is 3. The first kappa shape index (κ1) is 7.38. The summed E-state index contributed by atoms with van der Waals surface area (Å²) in [6, 6.07) is 11.4. The van der Waals surface area contributed by atoms with Crippen molar-refractivity contribution in [2.75, 3.05) is 0 Å². The SMILES string of the molecule is O=c1nnc2ccccc3ccc1c32. The molecule has 2 aromatic carbocycles. The smallest absolute Gasteiger partial charge is 0.265 e. The minimum absolute atomic E-state index is 0.251. The van der Waals surface area contributed by atoms with E-state index >= 15 is 0 Å². The summed E-state index contributed by atoms with van der Waals surface area (Å²) < 4.78 is 0. The molecule has 0 fully saturated rings. The lowest BCUT2D eigenvalue weighted by Gasteiger charge is -1.89. The molecular weight excluding hydrogens is 176 g/mol. The zero-order valence-corrected chi connectivity index (χ0v) is 7.27. The predicted molar refractivity (Wildman–Crippen MR) is 54.5 cm³/mol. The minimum Gasteiger partial charge on any atom is -0.265 e. The Morgan fingerprint density at radius 1 is 0.929 bits per heavy atom. The molecule has 0 spiro atoms. The second kappa shape index (κ2) is 2.48. The van der Waals surface area contributed by atoms with Gasteiger partial charge in [0.2, 0.25) is 0 Å². The highest BCUT2D eigenvalue weighted by molar-refractivity contribution is 6.08. The summed E-state index contributed by atoms with van der Waals surface area (Å²) in [7, 11) is 0. The third kappa shape index (κ3) is 0.836. The molecule has 1 heterocycles. The summed E-state index contributed by atoms with van der Waals surface area (Å²) in [5.41, 5.74) is 0.517. The highest BCUT2D eigenvalue weighted by Gasteiger charge is 2.06. The maximum atomic E-state index is 11.4. The van der Waals surface area contributed by atoms with Crippen LogP contribution in [-0.2, 0) is 0 Å². The van der Waals surface area contributed by atoms with Gasteiger partial charge in [-0.3, -0.25) is 4.79 Å². The van der Waals surface area contributed by atoms with Crippen molar-refractivity contribution in [1.29, 1.82) is 0 Å². The molecule has 14 heavy (non-hydrogen) atoms. The molecule has 0 amide bonds. The van der Waals surface area contributed by atoms with Gasteiger partial charge in [-0.05, 0) is 17.5 Å². The Kier molecular flexibility index (Phi) is 1.31. The molecule has 0 unspecified atom stereocenters. The van der Waals surface area contributed by atoms with Crippen molar-refractivity contribution in [2.24, 2.45) is 0 Å². The van der Waals surface area contributed by atoms with Gasteiger partial charge >= 0.3 is 0 Å². The molecule has 0 radical (unpaired) electrons. The Labute approximate surface area is 79.4 Å². The number of nitrogens with zero attached hydrogens (tertiary/aromatic N) is 2. The molecular formula is C11H6N2O. The average Bonchev–Trinajstić information content (AvgIpc) is 2.51. The van der Waals surface area contributed by atoms with Crippen molar-refractivity contribution >= 4 is 21.7 Å². The van der Waals surface area contributed by atoms with Crippen LogP contribution in [0.5, 0.6) is 0 Å². The van der Waals surface area contributed by atoms with E-state index in [1.807, 2.05) is 30.3 Å². The van der Waals surface area contributed by atoms with Crippen LogP contribution >= 0.6 is 0 Å². The Morgan fingerprint density at radius 2 is 1.79 bits per heavy atom. The Morgan fingerprint density at radius 3 is 2.71 bits per heavy atom. The van der Waals surface area contributed by atoms with Crippen molar-refractivity contribution in [1.82, 2.24) is 10.2 Å². The van der Waals surface area contributed by atoms with Gasteiger partial charge in [-0.1, -0.05) is 24.3 Å². The van der Waals surface area contributed by atoms with E-state index < -0.39 is 0 Å². The maximum absolute atomic E-state index is 11.4. The molecule has 0 aliphatic rings. The van der Waals surface area contributed by atoms with Gasteiger partial charge in [0.25, 0.3) is 5.56 Å². The third-order valence-corrected chi connectivity index (χ3v) is 2.36. The van der Waals surface area contributed by atoms with Gasteiger partial charge in [-0.2, -0.15) is 0 Å². The first-order valence-electron chi connectivity index (χ1n) is 4.34. The highest BCUT2D eigenvalue weighted by atomic mass is 16.1. The lowest BCUT2D eigenvalue weighted by molar-refractivity contribution is 1.04. The number of rotatable bonds is 0. The van der Waals surface area contributed by atoms with Crippen molar-refractivity contribution < 1.29 is 0 Å². The second-order valence-corrected chi connectivity index (χ2v) is 3.19. The summed E-state index contributed by atoms with van der Waals surface area (Å²) in [5.74, 6) is 0. The van der Waals surface area contributed by atoms with Gasteiger partial charge < -0.3 is 0 Å². The van der Waals surface area contributed by atoms with Gasteiger partial charge in [0.15, 0.2) is 0 Å². The average molecular weight is 182 g/mol. The van der Waals surface area contributed by atoms with E-state index in [9.17, 15) is 4.79 Å². The zero-order chi connectivity index (χ0) is 9.54. The predicted octanol–water partition coefficient (Wildman–Crippen LogP) is 1.58. The van der Waals surface area contributed by atoms with E-state index in [2.05, 4.69) is 10.2 Å². The topological polar surface area (TPSA) is 42.9 Å². The van der Waals surface area contributed by atoms with Crippen molar-refractivity contribution in [3.05, 3.63) is 46.8 Å². The number of hydrogen-bond donors (Lipinski definition) is 0. The van der Waals surface area contributed by atoms with Gasteiger partial charge in [-0.15, -0.1) is 10.2 Å². The molecule has 3 nitrogen and oxygen atoms in total. The number of aromatic nitrogens is 2. The van der Waals surface area contributed by atoms with Crippen LogP contribution < -0.4 is 5.56 Å². The molecule has 66 valence electrons. The Bertz CT molecular complexity index is 663. The third-order valence-electron chi connectivity index (χ3n) is 2.36. The normalized spacial score (nSPS) is 11.1. The molecule has 0 aliphatic carbocycles. The molecule has 3 rings (SSSR count). The molecule has 0 bridgehead atoms. The van der Waals surface area contributed by atoms with E-state index in [1.54, 1.807) is 6.07 Å². The van der Waals surface area contributed by atoms with Crippen molar-refractivity contribution in [3.8, 4) is 0 Å². The Balaban J connectivity index is 2.80. The van der Waals surface area contributed by atoms with Crippen LogP contribution in [0.2, 0.25) is 0 Å². The Hall–Kier alpha value is -2.03. The summed E-state index contributed by atoms with van der Waals surface area (Å²) in [6.45, 7) is 0. The van der Waals surface area contributed by atoms with Gasteiger partial charge in [0, 0.05) is 5.39 Å². The summed E-state index contributed by atoms with van der Waals surface area (Å²) in [4.78, 5) is 11.4. The zero-order valence-electron chi connectivity index (χ0n) is 7.27. The summed E-state index contributed by atoms with van der Waals surface area (Å²) >= 11 is 0. The largest absolute Gasteiger partial charge is 0.296 e. The van der Waals surface area contributed by atoms with Crippen LogP contribution in [0.15, 0.2) is 41.2 Å². The molecule has 3 aromatic rings. The molecule has 0 aliphatic heterocycles. The van der Waals surface area contributed by atoms with E-state index in [4.69, 9.17) is 0 Å².